The average molecular weight is 330 g/mol. The summed E-state index contributed by atoms with van der Waals surface area (Å²) in [5.74, 6) is -0.290. The standard InChI is InChI=1S/C18H23FN4O/c19-11-4-15-16(10-22(18(15)24)12-2-1-3-20-7-12)17(5-11)23-13-6-14(23)9-21-8-13/h4-5,12-14,20-21H,1-3,6-10H2. The topological polar surface area (TPSA) is 47.6 Å². The number of benzene rings is 1. The van der Waals surface area contributed by atoms with Crippen LogP contribution in [0.2, 0.25) is 0 Å². The molecule has 3 fully saturated rings. The zero-order chi connectivity index (χ0) is 16.3. The first-order chi connectivity index (χ1) is 11.7. The largest absolute Gasteiger partial charge is 0.362 e. The lowest BCUT2D eigenvalue weighted by atomic mass is 9.87. The second-order valence-corrected chi connectivity index (χ2v) is 7.49. The molecule has 128 valence electrons. The van der Waals surface area contributed by atoms with Gasteiger partial charge in [0, 0.05) is 61.1 Å². The van der Waals surface area contributed by atoms with E-state index in [1.54, 1.807) is 6.07 Å². The molecular weight excluding hydrogens is 307 g/mol. The Morgan fingerprint density at radius 1 is 1.08 bits per heavy atom. The minimum Gasteiger partial charge on any atom is -0.362 e. The molecule has 4 aliphatic rings. The molecule has 3 unspecified atom stereocenters. The molecule has 1 aromatic rings. The molecular formula is C18H23FN4O. The van der Waals surface area contributed by atoms with Crippen molar-refractivity contribution < 1.29 is 9.18 Å². The second-order valence-electron chi connectivity index (χ2n) is 7.49. The summed E-state index contributed by atoms with van der Waals surface area (Å²) in [6, 6.07) is 4.18. The number of nitrogens with one attached hydrogen (secondary N) is 2. The summed E-state index contributed by atoms with van der Waals surface area (Å²) < 4.78 is 14.2. The molecule has 3 saturated heterocycles. The Balaban J connectivity index is 1.50. The molecule has 4 aliphatic heterocycles. The Bertz CT molecular complexity index is 674. The first kappa shape index (κ1) is 14.7. The molecule has 4 heterocycles. The van der Waals surface area contributed by atoms with Gasteiger partial charge in [0.05, 0.1) is 0 Å². The number of carbonyl (C=O) groups is 1. The van der Waals surface area contributed by atoms with E-state index in [1.807, 2.05) is 4.90 Å². The lowest BCUT2D eigenvalue weighted by Crippen LogP contribution is -2.68. The number of rotatable bonds is 2. The zero-order valence-corrected chi connectivity index (χ0v) is 13.7. The molecule has 5 rings (SSSR count). The first-order valence-electron chi connectivity index (χ1n) is 9.05. The van der Waals surface area contributed by atoms with Crippen LogP contribution in [0.1, 0.15) is 35.2 Å². The Labute approximate surface area is 141 Å². The molecule has 1 aromatic carbocycles. The van der Waals surface area contributed by atoms with E-state index in [1.165, 1.54) is 12.5 Å². The van der Waals surface area contributed by atoms with Gasteiger partial charge in [0.2, 0.25) is 0 Å². The Kier molecular flexibility index (Phi) is 3.31. The highest BCUT2D eigenvalue weighted by Crippen LogP contribution is 2.41. The van der Waals surface area contributed by atoms with Crippen LogP contribution >= 0.6 is 0 Å². The quantitative estimate of drug-likeness (QED) is 0.852. The van der Waals surface area contributed by atoms with Crippen LogP contribution in [0.3, 0.4) is 0 Å². The van der Waals surface area contributed by atoms with Crippen molar-refractivity contribution in [2.75, 3.05) is 31.1 Å². The minimum absolute atomic E-state index is 0.00302. The van der Waals surface area contributed by atoms with Gasteiger partial charge in [0.25, 0.3) is 5.91 Å². The summed E-state index contributed by atoms with van der Waals surface area (Å²) in [6.07, 6.45) is 3.29. The lowest BCUT2D eigenvalue weighted by molar-refractivity contribution is 0.0674. The van der Waals surface area contributed by atoms with Crippen LogP contribution in [0.4, 0.5) is 10.1 Å². The number of piperazine rings is 1. The molecule has 6 heteroatoms. The van der Waals surface area contributed by atoms with Gasteiger partial charge >= 0.3 is 0 Å². The zero-order valence-electron chi connectivity index (χ0n) is 13.7. The van der Waals surface area contributed by atoms with Crippen molar-refractivity contribution in [3.05, 3.63) is 29.1 Å². The number of amides is 1. The van der Waals surface area contributed by atoms with E-state index in [0.29, 0.717) is 24.2 Å². The summed E-state index contributed by atoms with van der Waals surface area (Å²) in [6.45, 7) is 4.39. The normalized spacial score (nSPS) is 31.9. The van der Waals surface area contributed by atoms with Gasteiger partial charge in [-0.15, -0.1) is 0 Å². The molecule has 0 aromatic heterocycles. The van der Waals surface area contributed by atoms with Crippen molar-refractivity contribution in [1.29, 1.82) is 0 Å². The maximum Gasteiger partial charge on any atom is 0.254 e. The first-order valence-corrected chi connectivity index (χ1v) is 9.05. The van der Waals surface area contributed by atoms with Gasteiger partial charge in [0.15, 0.2) is 0 Å². The van der Waals surface area contributed by atoms with Gasteiger partial charge in [-0.05, 0) is 37.9 Å². The van der Waals surface area contributed by atoms with Crippen LogP contribution in [0, 0.1) is 5.82 Å². The molecule has 2 N–H and O–H groups in total. The third-order valence-electron chi connectivity index (χ3n) is 6.09. The monoisotopic (exact) mass is 330 g/mol. The van der Waals surface area contributed by atoms with Crippen LogP contribution < -0.4 is 15.5 Å². The number of halogens is 1. The van der Waals surface area contributed by atoms with Gasteiger partial charge in [-0.2, -0.15) is 0 Å². The van der Waals surface area contributed by atoms with E-state index in [-0.39, 0.29) is 17.8 Å². The number of piperidine rings is 2. The predicted octanol–water partition coefficient (Wildman–Crippen LogP) is 1.08. The fourth-order valence-electron chi connectivity index (χ4n) is 4.88. The van der Waals surface area contributed by atoms with E-state index < -0.39 is 0 Å². The fraction of sp³-hybridized carbons (Fsp3) is 0.611. The van der Waals surface area contributed by atoms with E-state index in [9.17, 15) is 9.18 Å². The van der Waals surface area contributed by atoms with Crippen molar-refractivity contribution >= 4 is 11.6 Å². The highest BCUT2D eigenvalue weighted by Gasteiger charge is 2.44. The SMILES string of the molecule is O=C1c2cc(F)cc(N3C4CNCC3C4)c2CN1C1CCCNC1. The molecule has 1 amide bonds. The molecule has 0 aliphatic carbocycles. The van der Waals surface area contributed by atoms with Gasteiger partial charge < -0.3 is 20.4 Å². The lowest BCUT2D eigenvalue weighted by Gasteiger charge is -2.55. The summed E-state index contributed by atoms with van der Waals surface area (Å²) in [7, 11) is 0. The number of carbonyl (C=O) groups excluding carboxylic acids is 1. The van der Waals surface area contributed by atoms with Crippen molar-refractivity contribution in [3.63, 3.8) is 0 Å². The van der Waals surface area contributed by atoms with Crippen LogP contribution in [-0.4, -0.2) is 55.1 Å². The van der Waals surface area contributed by atoms with E-state index in [4.69, 9.17) is 0 Å². The number of hydrogen-bond acceptors (Lipinski definition) is 4. The molecule has 0 radical (unpaired) electrons. The average Bonchev–Trinajstić information content (AvgIpc) is 2.93. The van der Waals surface area contributed by atoms with Gasteiger partial charge in [-0.25, -0.2) is 4.39 Å². The number of fused-ring (bicyclic) bond motifs is 3. The molecule has 5 nitrogen and oxygen atoms in total. The molecule has 3 atom stereocenters. The van der Waals surface area contributed by atoms with Gasteiger partial charge in [-0.3, -0.25) is 4.79 Å². The predicted molar refractivity (Wildman–Crippen MR) is 89.7 cm³/mol. The van der Waals surface area contributed by atoms with Crippen molar-refractivity contribution in [3.8, 4) is 0 Å². The van der Waals surface area contributed by atoms with Gasteiger partial charge in [-0.1, -0.05) is 0 Å². The third kappa shape index (κ3) is 2.09. The number of nitrogens with zero attached hydrogens (tertiary/aromatic N) is 2. The highest BCUT2D eigenvalue weighted by molar-refractivity contribution is 6.00. The van der Waals surface area contributed by atoms with E-state index in [0.717, 1.165) is 50.3 Å². The third-order valence-corrected chi connectivity index (χ3v) is 6.09. The number of hydrogen-bond donors (Lipinski definition) is 2. The Morgan fingerprint density at radius 2 is 1.88 bits per heavy atom. The maximum absolute atomic E-state index is 14.2. The Hall–Kier alpha value is -1.66. The van der Waals surface area contributed by atoms with Crippen LogP contribution in [0.15, 0.2) is 12.1 Å². The van der Waals surface area contributed by atoms with Crippen LogP contribution in [0.5, 0.6) is 0 Å². The van der Waals surface area contributed by atoms with Crippen molar-refractivity contribution in [1.82, 2.24) is 15.5 Å². The second kappa shape index (κ2) is 5.43. The molecule has 2 bridgehead atoms. The van der Waals surface area contributed by atoms with Crippen molar-refractivity contribution in [2.24, 2.45) is 0 Å². The molecule has 0 spiro atoms. The van der Waals surface area contributed by atoms with E-state index in [2.05, 4.69) is 15.5 Å². The number of anilines is 1. The smallest absolute Gasteiger partial charge is 0.254 e. The summed E-state index contributed by atoms with van der Waals surface area (Å²) in [5, 5.41) is 6.79. The molecule has 0 saturated carbocycles. The highest BCUT2D eigenvalue weighted by atomic mass is 19.1. The van der Waals surface area contributed by atoms with Crippen LogP contribution in [0.25, 0.3) is 0 Å². The summed E-state index contributed by atoms with van der Waals surface area (Å²) in [4.78, 5) is 17.2. The fourth-order valence-corrected chi connectivity index (χ4v) is 4.88. The van der Waals surface area contributed by atoms with E-state index >= 15 is 0 Å². The van der Waals surface area contributed by atoms with Gasteiger partial charge in [0.1, 0.15) is 5.82 Å². The maximum atomic E-state index is 14.2. The summed E-state index contributed by atoms with van der Waals surface area (Å²) in [5.41, 5.74) is 2.56. The summed E-state index contributed by atoms with van der Waals surface area (Å²) >= 11 is 0. The van der Waals surface area contributed by atoms with Crippen molar-refractivity contribution in [2.45, 2.75) is 43.9 Å². The minimum atomic E-state index is -0.293. The Morgan fingerprint density at radius 3 is 2.58 bits per heavy atom. The molecule has 24 heavy (non-hydrogen) atoms. The van der Waals surface area contributed by atoms with Crippen LogP contribution in [-0.2, 0) is 6.54 Å².